The van der Waals surface area contributed by atoms with Gasteiger partial charge in [-0.3, -0.25) is 4.79 Å². The Morgan fingerprint density at radius 3 is 2.50 bits per heavy atom. The Labute approximate surface area is 106 Å². The topological polar surface area (TPSA) is 66.8 Å². The molecule has 18 heavy (non-hydrogen) atoms. The Hall–Kier alpha value is -1.55. The third-order valence-corrected chi connectivity index (χ3v) is 3.85. The van der Waals surface area contributed by atoms with E-state index in [1.54, 1.807) is 31.4 Å². The molecule has 4 nitrogen and oxygen atoms in total. The van der Waals surface area contributed by atoms with Gasteiger partial charge in [-0.1, -0.05) is 25.0 Å². The summed E-state index contributed by atoms with van der Waals surface area (Å²) >= 11 is 0. The van der Waals surface area contributed by atoms with E-state index in [1.807, 2.05) is 0 Å². The van der Waals surface area contributed by atoms with E-state index in [0.29, 0.717) is 24.2 Å². The van der Waals surface area contributed by atoms with E-state index in [2.05, 4.69) is 0 Å². The summed E-state index contributed by atoms with van der Waals surface area (Å²) in [6.45, 7) is 0. The van der Waals surface area contributed by atoms with Crippen LogP contribution in [0.2, 0.25) is 0 Å². The highest BCUT2D eigenvalue weighted by atomic mass is 16.5. The molecular formula is C14H18O4. The molecule has 2 N–H and O–H groups in total. The fraction of sp³-hybridized carbons (Fsp3) is 0.500. The molecule has 1 aromatic carbocycles. The monoisotopic (exact) mass is 250 g/mol. The van der Waals surface area contributed by atoms with Crippen LogP contribution in [0.4, 0.5) is 0 Å². The summed E-state index contributed by atoms with van der Waals surface area (Å²) in [6.07, 6.45) is 1.91. The Morgan fingerprint density at radius 2 is 2.00 bits per heavy atom. The maximum atomic E-state index is 11.7. The molecule has 0 saturated heterocycles. The lowest BCUT2D eigenvalue weighted by Crippen LogP contribution is -2.48. The summed E-state index contributed by atoms with van der Waals surface area (Å²) in [6, 6.07) is 6.95. The molecule has 0 spiro atoms. The molecular weight excluding hydrogens is 232 g/mol. The number of ether oxygens (including phenoxy) is 1. The van der Waals surface area contributed by atoms with Crippen LogP contribution in [0.15, 0.2) is 24.3 Å². The second-order valence-electron chi connectivity index (χ2n) is 4.77. The quantitative estimate of drug-likeness (QED) is 0.860. The van der Waals surface area contributed by atoms with Gasteiger partial charge in [0.1, 0.15) is 11.2 Å². The molecule has 1 fully saturated rings. The van der Waals surface area contributed by atoms with Crippen molar-refractivity contribution in [3.63, 3.8) is 0 Å². The van der Waals surface area contributed by atoms with Crippen molar-refractivity contribution in [1.29, 1.82) is 0 Å². The zero-order valence-corrected chi connectivity index (χ0v) is 10.4. The second kappa shape index (κ2) is 4.98. The highest BCUT2D eigenvalue weighted by Gasteiger charge is 2.48. The number of carboxylic acid groups (broad SMARTS) is 1. The van der Waals surface area contributed by atoms with E-state index in [9.17, 15) is 15.0 Å². The van der Waals surface area contributed by atoms with Crippen molar-refractivity contribution >= 4 is 5.97 Å². The van der Waals surface area contributed by atoms with E-state index in [4.69, 9.17) is 4.74 Å². The molecule has 1 aliphatic rings. The molecule has 1 aromatic rings. The summed E-state index contributed by atoms with van der Waals surface area (Å²) in [5.74, 6) is -0.260. The molecule has 0 aromatic heterocycles. The van der Waals surface area contributed by atoms with Crippen LogP contribution in [0.3, 0.4) is 0 Å². The van der Waals surface area contributed by atoms with Gasteiger partial charge in [0.2, 0.25) is 0 Å². The van der Waals surface area contributed by atoms with Gasteiger partial charge in [0.25, 0.3) is 0 Å². The third kappa shape index (κ3) is 1.97. The van der Waals surface area contributed by atoms with Crippen molar-refractivity contribution in [2.75, 3.05) is 7.11 Å². The van der Waals surface area contributed by atoms with Gasteiger partial charge in [0.05, 0.1) is 13.2 Å². The minimum atomic E-state index is -1.16. The largest absolute Gasteiger partial charge is 0.497 e. The normalized spacial score (nSPS) is 27.8. The van der Waals surface area contributed by atoms with E-state index in [0.717, 1.165) is 12.8 Å². The van der Waals surface area contributed by atoms with Crippen molar-refractivity contribution in [2.45, 2.75) is 37.2 Å². The first kappa shape index (κ1) is 12.9. The molecule has 0 aliphatic heterocycles. The molecule has 1 aliphatic carbocycles. The highest BCUT2D eigenvalue weighted by molar-refractivity contribution is 5.82. The van der Waals surface area contributed by atoms with Crippen LogP contribution >= 0.6 is 0 Å². The summed E-state index contributed by atoms with van der Waals surface area (Å²) < 4.78 is 5.07. The lowest BCUT2D eigenvalue weighted by Gasteiger charge is -2.38. The summed E-state index contributed by atoms with van der Waals surface area (Å²) in [5, 5.41) is 19.7. The van der Waals surface area contributed by atoms with E-state index in [-0.39, 0.29) is 0 Å². The van der Waals surface area contributed by atoms with Crippen molar-refractivity contribution in [1.82, 2.24) is 0 Å². The number of benzene rings is 1. The SMILES string of the molecule is COc1ccc([C@]2(C(=O)O)CCCC[C@@H]2O)cc1. The van der Waals surface area contributed by atoms with Gasteiger partial charge in [0.15, 0.2) is 0 Å². The minimum Gasteiger partial charge on any atom is -0.497 e. The van der Waals surface area contributed by atoms with Gasteiger partial charge in [-0.15, -0.1) is 0 Å². The molecule has 0 unspecified atom stereocenters. The standard InChI is InChI=1S/C14H18O4/c1-18-11-7-5-10(6-8-11)14(13(16)17)9-3-2-4-12(14)15/h5-8,12,15H,2-4,9H2,1H3,(H,16,17)/t12-,14+/m0/s1. The number of aliphatic carboxylic acids is 1. The van der Waals surface area contributed by atoms with Crippen LogP contribution in [-0.2, 0) is 10.2 Å². The number of aliphatic hydroxyl groups excluding tert-OH is 1. The Kier molecular flexibility index (Phi) is 3.57. The third-order valence-electron chi connectivity index (χ3n) is 3.85. The second-order valence-corrected chi connectivity index (χ2v) is 4.77. The van der Waals surface area contributed by atoms with Gasteiger partial charge >= 0.3 is 5.97 Å². The molecule has 98 valence electrons. The van der Waals surface area contributed by atoms with Gasteiger partial charge in [0, 0.05) is 0 Å². The van der Waals surface area contributed by atoms with E-state index in [1.165, 1.54) is 0 Å². The van der Waals surface area contributed by atoms with Crippen molar-refractivity contribution in [3.05, 3.63) is 29.8 Å². The molecule has 2 rings (SSSR count). The van der Waals surface area contributed by atoms with Crippen LogP contribution in [0.1, 0.15) is 31.2 Å². The van der Waals surface area contributed by atoms with Crippen LogP contribution in [0.5, 0.6) is 5.75 Å². The predicted molar refractivity (Wildman–Crippen MR) is 66.8 cm³/mol. The smallest absolute Gasteiger partial charge is 0.316 e. The average Bonchev–Trinajstić information content (AvgIpc) is 2.39. The Balaban J connectivity index is 2.42. The molecule has 2 atom stereocenters. The number of carbonyl (C=O) groups is 1. The first-order valence-electron chi connectivity index (χ1n) is 6.17. The average molecular weight is 250 g/mol. The maximum Gasteiger partial charge on any atom is 0.316 e. The Morgan fingerprint density at radius 1 is 1.33 bits per heavy atom. The van der Waals surface area contributed by atoms with Gasteiger partial charge in [-0.2, -0.15) is 0 Å². The predicted octanol–water partition coefficient (Wildman–Crippen LogP) is 1.95. The molecule has 0 radical (unpaired) electrons. The lowest BCUT2D eigenvalue weighted by atomic mass is 9.67. The minimum absolute atomic E-state index is 0.482. The van der Waals surface area contributed by atoms with E-state index < -0.39 is 17.5 Å². The van der Waals surface area contributed by atoms with Crippen LogP contribution in [-0.4, -0.2) is 29.4 Å². The number of hydrogen-bond acceptors (Lipinski definition) is 3. The first-order chi connectivity index (χ1) is 8.61. The van der Waals surface area contributed by atoms with Crippen molar-refractivity contribution in [3.8, 4) is 5.75 Å². The number of hydrogen-bond donors (Lipinski definition) is 2. The summed E-state index contributed by atoms with van der Waals surface area (Å²) in [5.41, 5.74) is -0.507. The van der Waals surface area contributed by atoms with Crippen molar-refractivity contribution in [2.24, 2.45) is 0 Å². The first-order valence-corrected chi connectivity index (χ1v) is 6.17. The molecule has 1 saturated carbocycles. The van der Waals surface area contributed by atoms with E-state index >= 15 is 0 Å². The van der Waals surface area contributed by atoms with Crippen LogP contribution in [0.25, 0.3) is 0 Å². The van der Waals surface area contributed by atoms with Gasteiger partial charge < -0.3 is 14.9 Å². The molecule has 0 heterocycles. The maximum absolute atomic E-state index is 11.7. The fourth-order valence-electron chi connectivity index (χ4n) is 2.75. The summed E-state index contributed by atoms with van der Waals surface area (Å²) in [4.78, 5) is 11.7. The highest BCUT2D eigenvalue weighted by Crippen LogP contribution is 2.40. The summed E-state index contributed by atoms with van der Waals surface area (Å²) in [7, 11) is 1.57. The number of methoxy groups -OCH3 is 1. The van der Waals surface area contributed by atoms with Crippen molar-refractivity contribution < 1.29 is 19.7 Å². The number of aliphatic hydroxyl groups is 1. The zero-order valence-electron chi connectivity index (χ0n) is 10.4. The zero-order chi connectivity index (χ0) is 13.2. The van der Waals surface area contributed by atoms with Gasteiger partial charge in [-0.05, 0) is 30.5 Å². The van der Waals surface area contributed by atoms with Crippen LogP contribution < -0.4 is 4.74 Å². The lowest BCUT2D eigenvalue weighted by molar-refractivity contribution is -0.151. The molecule has 0 amide bonds. The fourth-order valence-corrected chi connectivity index (χ4v) is 2.75. The Bertz CT molecular complexity index is 426. The van der Waals surface area contributed by atoms with Gasteiger partial charge in [-0.25, -0.2) is 0 Å². The molecule has 4 heteroatoms. The number of carboxylic acids is 1. The van der Waals surface area contributed by atoms with Crippen LogP contribution in [0, 0.1) is 0 Å². The number of rotatable bonds is 3. The molecule has 0 bridgehead atoms.